The van der Waals surface area contributed by atoms with Gasteiger partial charge in [-0.1, -0.05) is 0 Å². The van der Waals surface area contributed by atoms with Gasteiger partial charge in [0.1, 0.15) is 5.82 Å². The van der Waals surface area contributed by atoms with Gasteiger partial charge >= 0.3 is 0 Å². The Bertz CT molecular complexity index is 396. The van der Waals surface area contributed by atoms with Crippen LogP contribution >= 0.6 is 12.4 Å². The highest BCUT2D eigenvalue weighted by Crippen LogP contribution is 2.14. The van der Waals surface area contributed by atoms with Crippen molar-refractivity contribution in [3.05, 3.63) is 23.4 Å². The second kappa shape index (κ2) is 6.71. The molecule has 100 valence electrons. The maximum Gasteiger partial charge on any atom is 0.229 e. The van der Waals surface area contributed by atoms with E-state index in [1.54, 1.807) is 0 Å². The summed E-state index contributed by atoms with van der Waals surface area (Å²) in [5.74, 6) is 0.819. The largest absolute Gasteiger partial charge is 0.316 e. The van der Waals surface area contributed by atoms with Crippen molar-refractivity contribution in [1.82, 2.24) is 10.3 Å². The molecular formula is C13H20ClN3O. The molecule has 0 bridgehead atoms. The van der Waals surface area contributed by atoms with Crippen molar-refractivity contribution >= 4 is 24.1 Å². The third-order valence-corrected chi connectivity index (χ3v) is 3.02. The maximum atomic E-state index is 12.0. The van der Waals surface area contributed by atoms with E-state index in [1.165, 1.54) is 0 Å². The maximum absolute atomic E-state index is 12.0. The van der Waals surface area contributed by atoms with E-state index in [-0.39, 0.29) is 24.2 Å². The number of anilines is 1. The predicted molar refractivity (Wildman–Crippen MR) is 75.2 cm³/mol. The number of nitrogens with one attached hydrogen (secondary N) is 2. The molecule has 0 aliphatic carbocycles. The fraction of sp³-hybridized carbons (Fsp3) is 0.538. The standard InChI is InChI=1S/C13H19N3O.ClH/c1-9-6-10(2)15-12(7-9)16-13(17)11-4-3-5-14-8-11;/h6-7,11,14H,3-5,8H2,1-2H3,(H,15,16,17);1H/t11-;/m1./s1. The van der Waals surface area contributed by atoms with Crippen LogP contribution in [0.2, 0.25) is 0 Å². The SMILES string of the molecule is Cc1cc(C)nc(NC(=O)[C@@H]2CCCNC2)c1.Cl. The molecule has 2 rings (SSSR count). The third kappa shape index (κ3) is 3.96. The van der Waals surface area contributed by atoms with Gasteiger partial charge in [-0.25, -0.2) is 4.98 Å². The van der Waals surface area contributed by atoms with Gasteiger partial charge in [-0.3, -0.25) is 4.79 Å². The van der Waals surface area contributed by atoms with E-state index >= 15 is 0 Å². The van der Waals surface area contributed by atoms with Crippen LogP contribution < -0.4 is 10.6 Å². The number of amides is 1. The molecular weight excluding hydrogens is 250 g/mol. The molecule has 1 atom stereocenters. The average Bonchev–Trinajstić information content (AvgIpc) is 2.28. The van der Waals surface area contributed by atoms with Crippen molar-refractivity contribution in [3.8, 4) is 0 Å². The van der Waals surface area contributed by atoms with Gasteiger partial charge < -0.3 is 10.6 Å². The molecule has 1 amide bonds. The first-order chi connectivity index (χ1) is 8.15. The summed E-state index contributed by atoms with van der Waals surface area (Å²) < 4.78 is 0. The highest BCUT2D eigenvalue weighted by atomic mass is 35.5. The first kappa shape index (κ1) is 14.9. The molecule has 1 saturated heterocycles. The molecule has 0 unspecified atom stereocenters. The molecule has 2 N–H and O–H groups in total. The molecule has 1 fully saturated rings. The lowest BCUT2D eigenvalue weighted by Crippen LogP contribution is -2.37. The number of pyridine rings is 1. The number of aryl methyl sites for hydroxylation is 2. The summed E-state index contributed by atoms with van der Waals surface area (Å²) in [7, 11) is 0. The van der Waals surface area contributed by atoms with Gasteiger partial charge in [0.25, 0.3) is 0 Å². The van der Waals surface area contributed by atoms with Gasteiger partial charge in [0.05, 0.1) is 5.92 Å². The molecule has 1 aromatic rings. The topological polar surface area (TPSA) is 54.0 Å². The van der Waals surface area contributed by atoms with Crippen LogP contribution in [0.15, 0.2) is 12.1 Å². The summed E-state index contributed by atoms with van der Waals surface area (Å²) in [6.45, 7) is 5.74. The van der Waals surface area contributed by atoms with Gasteiger partial charge in [-0.2, -0.15) is 0 Å². The van der Waals surface area contributed by atoms with Crippen molar-refractivity contribution in [2.24, 2.45) is 5.92 Å². The summed E-state index contributed by atoms with van der Waals surface area (Å²) in [6.07, 6.45) is 2.03. The quantitative estimate of drug-likeness (QED) is 0.864. The minimum atomic E-state index is 0. The molecule has 0 aromatic carbocycles. The first-order valence-electron chi connectivity index (χ1n) is 6.12. The molecule has 0 saturated carbocycles. The zero-order chi connectivity index (χ0) is 12.3. The minimum Gasteiger partial charge on any atom is -0.316 e. The first-order valence-corrected chi connectivity index (χ1v) is 6.12. The van der Waals surface area contributed by atoms with Gasteiger partial charge in [0.2, 0.25) is 5.91 Å². The summed E-state index contributed by atoms with van der Waals surface area (Å²) in [6, 6.07) is 3.90. The minimum absolute atomic E-state index is 0. The molecule has 18 heavy (non-hydrogen) atoms. The fourth-order valence-corrected chi connectivity index (χ4v) is 2.21. The van der Waals surface area contributed by atoms with Crippen molar-refractivity contribution in [2.75, 3.05) is 18.4 Å². The normalized spacial score (nSPS) is 18.9. The van der Waals surface area contributed by atoms with Crippen LogP contribution in [0.3, 0.4) is 0 Å². The molecule has 0 radical (unpaired) electrons. The lowest BCUT2D eigenvalue weighted by atomic mass is 9.99. The number of carbonyl (C=O) groups is 1. The van der Waals surface area contributed by atoms with Crippen LogP contribution in [0.4, 0.5) is 5.82 Å². The highest BCUT2D eigenvalue weighted by Gasteiger charge is 2.21. The molecule has 4 nitrogen and oxygen atoms in total. The smallest absolute Gasteiger partial charge is 0.229 e. The van der Waals surface area contributed by atoms with E-state index in [4.69, 9.17) is 0 Å². The second-order valence-electron chi connectivity index (χ2n) is 4.70. The number of nitrogens with zero attached hydrogens (tertiary/aromatic N) is 1. The Kier molecular flexibility index (Phi) is 5.56. The molecule has 5 heteroatoms. The molecule has 1 aliphatic rings. The number of hydrogen-bond acceptors (Lipinski definition) is 3. The van der Waals surface area contributed by atoms with E-state index < -0.39 is 0 Å². The third-order valence-electron chi connectivity index (χ3n) is 3.02. The van der Waals surface area contributed by atoms with E-state index in [2.05, 4.69) is 15.6 Å². The van der Waals surface area contributed by atoms with E-state index in [0.717, 1.165) is 37.2 Å². The zero-order valence-electron chi connectivity index (χ0n) is 10.8. The summed E-state index contributed by atoms with van der Waals surface area (Å²) in [5, 5.41) is 6.15. The molecule has 1 aliphatic heterocycles. The van der Waals surface area contributed by atoms with Gasteiger partial charge in [-0.15, -0.1) is 12.4 Å². The summed E-state index contributed by atoms with van der Waals surface area (Å²) in [4.78, 5) is 16.3. The molecule has 0 spiro atoms. The Morgan fingerprint density at radius 2 is 2.22 bits per heavy atom. The van der Waals surface area contributed by atoms with Crippen LogP contribution in [0, 0.1) is 19.8 Å². The van der Waals surface area contributed by atoms with Crippen LogP contribution in [-0.4, -0.2) is 24.0 Å². The Morgan fingerprint density at radius 3 is 2.83 bits per heavy atom. The van der Waals surface area contributed by atoms with E-state index in [1.807, 2.05) is 26.0 Å². The number of aromatic nitrogens is 1. The van der Waals surface area contributed by atoms with Crippen molar-refractivity contribution in [2.45, 2.75) is 26.7 Å². The predicted octanol–water partition coefficient (Wildman–Crippen LogP) is 2.06. The fourth-order valence-electron chi connectivity index (χ4n) is 2.21. The summed E-state index contributed by atoms with van der Waals surface area (Å²) in [5.41, 5.74) is 2.05. The van der Waals surface area contributed by atoms with Crippen LogP contribution in [-0.2, 0) is 4.79 Å². The Morgan fingerprint density at radius 1 is 1.44 bits per heavy atom. The van der Waals surface area contributed by atoms with Gasteiger partial charge in [-0.05, 0) is 50.9 Å². The second-order valence-corrected chi connectivity index (χ2v) is 4.70. The van der Waals surface area contributed by atoms with E-state index in [9.17, 15) is 4.79 Å². The number of hydrogen-bond donors (Lipinski definition) is 2. The molecule has 2 heterocycles. The number of piperidine rings is 1. The van der Waals surface area contributed by atoms with Crippen molar-refractivity contribution < 1.29 is 4.79 Å². The van der Waals surface area contributed by atoms with Crippen molar-refractivity contribution in [3.63, 3.8) is 0 Å². The van der Waals surface area contributed by atoms with Crippen LogP contribution in [0.25, 0.3) is 0 Å². The zero-order valence-corrected chi connectivity index (χ0v) is 11.6. The Labute approximate surface area is 114 Å². The molecule has 1 aromatic heterocycles. The van der Waals surface area contributed by atoms with Gasteiger partial charge in [0.15, 0.2) is 0 Å². The van der Waals surface area contributed by atoms with Crippen molar-refractivity contribution in [1.29, 1.82) is 0 Å². The average molecular weight is 270 g/mol. The summed E-state index contributed by atoms with van der Waals surface area (Å²) >= 11 is 0. The Balaban J connectivity index is 0.00000162. The van der Waals surface area contributed by atoms with Crippen LogP contribution in [0.1, 0.15) is 24.1 Å². The van der Waals surface area contributed by atoms with Crippen LogP contribution in [0.5, 0.6) is 0 Å². The van der Waals surface area contributed by atoms with Gasteiger partial charge in [0, 0.05) is 12.2 Å². The monoisotopic (exact) mass is 269 g/mol. The number of halogens is 1. The lowest BCUT2D eigenvalue weighted by molar-refractivity contribution is -0.120. The highest BCUT2D eigenvalue weighted by molar-refractivity contribution is 5.92. The lowest BCUT2D eigenvalue weighted by Gasteiger charge is -2.21. The number of carbonyl (C=O) groups excluding carboxylic acids is 1. The Hall–Kier alpha value is -1.13. The van der Waals surface area contributed by atoms with E-state index in [0.29, 0.717) is 5.82 Å². The number of rotatable bonds is 2.